The van der Waals surface area contributed by atoms with Crippen LogP contribution in [-0.4, -0.2) is 87.5 Å². The van der Waals surface area contributed by atoms with Gasteiger partial charge >= 0.3 is 0 Å². The Bertz CT molecular complexity index is 1020. The third-order valence-electron chi connectivity index (χ3n) is 11.7. The summed E-state index contributed by atoms with van der Waals surface area (Å²) in [6.45, 7) is 3.77. The van der Waals surface area contributed by atoms with E-state index in [1.54, 1.807) is 6.08 Å². The van der Waals surface area contributed by atoms with Crippen LogP contribution in [-0.2, 0) is 14.3 Å². The van der Waals surface area contributed by atoms with Gasteiger partial charge in [-0.2, -0.15) is 0 Å². The zero-order chi connectivity index (χ0) is 43.0. The predicted octanol–water partition coefficient (Wildman–Crippen LogP) is 10.8. The minimum Gasteiger partial charge on any atom is -0.394 e. The van der Waals surface area contributed by atoms with E-state index in [1.807, 2.05) is 6.08 Å². The summed E-state index contributed by atoms with van der Waals surface area (Å²) in [5, 5.41) is 54.3. The number of carbonyl (C=O) groups excluding carboxylic acids is 1. The summed E-state index contributed by atoms with van der Waals surface area (Å²) >= 11 is 0. The second kappa shape index (κ2) is 40.5. The number of aliphatic hydroxyl groups is 5. The molecular weight excluding hydrogens is 743 g/mol. The molecule has 0 aromatic carbocycles. The summed E-state index contributed by atoms with van der Waals surface area (Å²) in [4.78, 5) is 13.0. The van der Waals surface area contributed by atoms with Crippen LogP contribution in [0.4, 0.5) is 0 Å². The fourth-order valence-corrected chi connectivity index (χ4v) is 7.72. The van der Waals surface area contributed by atoms with Gasteiger partial charge in [0.2, 0.25) is 5.91 Å². The minimum absolute atomic E-state index is 0.181. The maximum absolute atomic E-state index is 13.0. The Morgan fingerprint density at radius 3 is 1.46 bits per heavy atom. The van der Waals surface area contributed by atoms with Crippen LogP contribution in [0.3, 0.4) is 0 Å². The highest BCUT2D eigenvalue weighted by Gasteiger charge is 2.44. The first-order valence-corrected chi connectivity index (χ1v) is 24.7. The molecule has 7 atom stereocenters. The standard InChI is InChI=1S/C50H93NO8/c1-3-5-7-9-11-13-15-17-19-20-21-22-23-24-26-28-30-32-34-36-38-40-46(54)51-43(42-58-50-49(57)48(56)47(55)45(41-52)59-50)44(53)39-37-35-33-31-29-27-25-18-16-14-12-10-8-6-4-2/h15,17,20-21,37,39,43-45,47-50,52-53,55-57H,3-14,16,18-19,22-36,38,40-42H2,1-2H3,(H,51,54)/b17-15-,21-20-,39-37+. The van der Waals surface area contributed by atoms with E-state index in [-0.39, 0.29) is 12.5 Å². The molecule has 9 heteroatoms. The SMILES string of the molecule is CCCCCCC/C=C\C/C=C\CCCCCCCCCCCC(=O)NC(COC1OC(CO)C(O)C(O)C1O)C(O)/C=C/CCCCCCCCCCCCCCC. The van der Waals surface area contributed by atoms with Gasteiger partial charge in [-0.25, -0.2) is 0 Å². The lowest BCUT2D eigenvalue weighted by Crippen LogP contribution is -2.60. The molecule has 1 saturated heterocycles. The second-order valence-corrected chi connectivity index (χ2v) is 17.3. The van der Waals surface area contributed by atoms with Crippen LogP contribution in [0.1, 0.15) is 219 Å². The average molecular weight is 836 g/mol. The van der Waals surface area contributed by atoms with E-state index >= 15 is 0 Å². The molecule has 0 bridgehead atoms. The van der Waals surface area contributed by atoms with E-state index < -0.39 is 49.5 Å². The van der Waals surface area contributed by atoms with Crippen LogP contribution in [0.5, 0.6) is 0 Å². The molecule has 1 aliphatic heterocycles. The third kappa shape index (κ3) is 31.0. The van der Waals surface area contributed by atoms with E-state index in [2.05, 4.69) is 43.5 Å². The third-order valence-corrected chi connectivity index (χ3v) is 11.7. The highest BCUT2D eigenvalue weighted by molar-refractivity contribution is 5.76. The van der Waals surface area contributed by atoms with Crippen LogP contribution in [0.25, 0.3) is 0 Å². The Labute approximate surface area is 361 Å². The molecule has 0 aromatic heterocycles. The Morgan fingerprint density at radius 2 is 1.00 bits per heavy atom. The second-order valence-electron chi connectivity index (χ2n) is 17.3. The van der Waals surface area contributed by atoms with Crippen LogP contribution in [0.15, 0.2) is 36.5 Å². The van der Waals surface area contributed by atoms with Gasteiger partial charge in [-0.3, -0.25) is 4.79 Å². The fourth-order valence-electron chi connectivity index (χ4n) is 7.72. The van der Waals surface area contributed by atoms with Crippen molar-refractivity contribution in [2.24, 2.45) is 0 Å². The molecule has 1 heterocycles. The first-order chi connectivity index (χ1) is 28.8. The Hall–Kier alpha value is -1.59. The Kier molecular flexibility index (Phi) is 38.0. The van der Waals surface area contributed by atoms with Crippen LogP contribution in [0.2, 0.25) is 0 Å². The molecule has 0 radical (unpaired) electrons. The first kappa shape index (κ1) is 55.4. The maximum Gasteiger partial charge on any atom is 0.220 e. The van der Waals surface area contributed by atoms with E-state index in [4.69, 9.17) is 9.47 Å². The van der Waals surface area contributed by atoms with Gasteiger partial charge in [-0.05, 0) is 51.4 Å². The summed E-state index contributed by atoms with van der Waals surface area (Å²) < 4.78 is 11.2. The van der Waals surface area contributed by atoms with E-state index in [0.29, 0.717) is 6.42 Å². The fraction of sp³-hybridized carbons (Fsp3) is 0.860. The number of rotatable bonds is 41. The molecule has 1 amide bonds. The molecule has 0 aromatic rings. The predicted molar refractivity (Wildman–Crippen MR) is 244 cm³/mol. The Morgan fingerprint density at radius 1 is 0.576 bits per heavy atom. The highest BCUT2D eigenvalue weighted by Crippen LogP contribution is 2.23. The van der Waals surface area contributed by atoms with Crippen molar-refractivity contribution in [3.8, 4) is 0 Å². The van der Waals surface area contributed by atoms with Crippen molar-refractivity contribution < 1.29 is 39.8 Å². The quantitative estimate of drug-likeness (QED) is 0.0263. The normalized spacial score (nSPS) is 21.0. The number of ether oxygens (including phenoxy) is 2. The molecule has 1 aliphatic rings. The number of amides is 1. The van der Waals surface area contributed by atoms with Crippen molar-refractivity contribution >= 4 is 5.91 Å². The number of allylic oxidation sites excluding steroid dienone is 5. The number of nitrogens with one attached hydrogen (secondary N) is 1. The first-order valence-electron chi connectivity index (χ1n) is 24.7. The van der Waals surface area contributed by atoms with Crippen LogP contribution in [0, 0.1) is 0 Å². The molecule has 1 fully saturated rings. The van der Waals surface area contributed by atoms with Crippen molar-refractivity contribution in [3.05, 3.63) is 36.5 Å². The van der Waals surface area contributed by atoms with Gasteiger partial charge in [0.05, 0.1) is 25.4 Å². The van der Waals surface area contributed by atoms with Gasteiger partial charge in [-0.1, -0.05) is 198 Å². The number of aliphatic hydroxyl groups excluding tert-OH is 5. The summed E-state index contributed by atoms with van der Waals surface area (Å²) in [7, 11) is 0. The number of carbonyl (C=O) groups is 1. The van der Waals surface area contributed by atoms with Gasteiger partial charge < -0.3 is 40.3 Å². The molecule has 59 heavy (non-hydrogen) atoms. The highest BCUT2D eigenvalue weighted by atomic mass is 16.7. The summed E-state index contributed by atoms with van der Waals surface area (Å²) in [5.74, 6) is -0.181. The van der Waals surface area contributed by atoms with E-state index in [9.17, 15) is 30.3 Å². The molecular formula is C50H93NO8. The molecule has 7 unspecified atom stereocenters. The summed E-state index contributed by atoms with van der Waals surface area (Å²) in [6.07, 6.45) is 43.2. The van der Waals surface area contributed by atoms with Gasteiger partial charge in [0, 0.05) is 6.42 Å². The van der Waals surface area contributed by atoms with Gasteiger partial charge in [-0.15, -0.1) is 0 Å². The van der Waals surface area contributed by atoms with Gasteiger partial charge in [0.25, 0.3) is 0 Å². The van der Waals surface area contributed by atoms with Crippen molar-refractivity contribution in [1.29, 1.82) is 0 Å². The largest absolute Gasteiger partial charge is 0.394 e. The van der Waals surface area contributed by atoms with Gasteiger partial charge in [0.15, 0.2) is 6.29 Å². The monoisotopic (exact) mass is 836 g/mol. The smallest absolute Gasteiger partial charge is 0.220 e. The molecule has 1 rings (SSSR count). The summed E-state index contributed by atoms with van der Waals surface area (Å²) in [6, 6.07) is -0.806. The van der Waals surface area contributed by atoms with Crippen molar-refractivity contribution in [1.82, 2.24) is 5.32 Å². The van der Waals surface area contributed by atoms with E-state index in [0.717, 1.165) is 44.9 Å². The van der Waals surface area contributed by atoms with Crippen LogP contribution < -0.4 is 5.32 Å². The zero-order valence-electron chi connectivity index (χ0n) is 38.0. The molecule has 0 aliphatic carbocycles. The topological polar surface area (TPSA) is 149 Å². The van der Waals surface area contributed by atoms with Crippen LogP contribution >= 0.6 is 0 Å². The molecule has 346 valence electrons. The molecule has 6 N–H and O–H groups in total. The zero-order valence-corrected chi connectivity index (χ0v) is 38.0. The van der Waals surface area contributed by atoms with Gasteiger partial charge in [0.1, 0.15) is 24.4 Å². The molecule has 9 nitrogen and oxygen atoms in total. The minimum atomic E-state index is -1.57. The average Bonchev–Trinajstić information content (AvgIpc) is 3.23. The summed E-state index contributed by atoms with van der Waals surface area (Å²) in [5.41, 5.74) is 0. The number of unbranched alkanes of at least 4 members (excludes halogenated alkanes) is 27. The molecule has 0 spiro atoms. The lowest BCUT2D eigenvalue weighted by Gasteiger charge is -2.40. The number of hydrogen-bond acceptors (Lipinski definition) is 8. The van der Waals surface area contributed by atoms with E-state index in [1.165, 1.54) is 154 Å². The Balaban J connectivity index is 2.31. The lowest BCUT2D eigenvalue weighted by molar-refractivity contribution is -0.302. The lowest BCUT2D eigenvalue weighted by atomic mass is 9.99. The number of hydrogen-bond donors (Lipinski definition) is 6. The maximum atomic E-state index is 13.0. The van der Waals surface area contributed by atoms with Crippen molar-refractivity contribution in [3.63, 3.8) is 0 Å². The van der Waals surface area contributed by atoms with Crippen molar-refractivity contribution in [2.75, 3.05) is 13.2 Å². The van der Waals surface area contributed by atoms with Crippen molar-refractivity contribution in [2.45, 2.75) is 262 Å². The molecule has 0 saturated carbocycles.